The maximum Gasteiger partial charge on any atom is 0.161 e. The molecule has 0 radical (unpaired) electrons. The molecule has 1 aromatic carbocycles. The monoisotopic (exact) mass is 281 g/mol. The number of nitrogens with one attached hydrogen (secondary N) is 1. The average Bonchev–Trinajstić information content (AvgIpc) is 3.03. The number of benzene rings is 1. The molecule has 0 bridgehead atoms. The number of hydrogen-bond donors (Lipinski definition) is 1. The third-order valence-corrected chi connectivity index (χ3v) is 3.87. The van der Waals surface area contributed by atoms with Gasteiger partial charge in [0.1, 0.15) is 5.82 Å². The molecule has 1 aliphatic rings. The van der Waals surface area contributed by atoms with Crippen LogP contribution in [0.3, 0.4) is 0 Å². The fourth-order valence-corrected chi connectivity index (χ4v) is 2.67. The van der Waals surface area contributed by atoms with Gasteiger partial charge < -0.3 is 5.32 Å². The van der Waals surface area contributed by atoms with E-state index in [0.717, 1.165) is 31.3 Å². The standard InChI is InChI=1S/C14H14F3N3/c1-14(2-3-18-7-14)13-6-19-8-20(13)12-5-10(16)9(15)4-11(12)17/h4-6,8,18H,2-3,7H2,1H3. The first-order valence-corrected chi connectivity index (χ1v) is 6.40. The molecular weight excluding hydrogens is 267 g/mol. The van der Waals surface area contributed by atoms with Crippen molar-refractivity contribution in [3.05, 3.63) is 47.8 Å². The van der Waals surface area contributed by atoms with Crippen LogP contribution in [0.25, 0.3) is 5.69 Å². The van der Waals surface area contributed by atoms with Gasteiger partial charge in [-0.25, -0.2) is 18.2 Å². The molecule has 0 aliphatic carbocycles. The second kappa shape index (κ2) is 4.63. The van der Waals surface area contributed by atoms with Crippen molar-refractivity contribution in [3.63, 3.8) is 0 Å². The first kappa shape index (κ1) is 13.2. The van der Waals surface area contributed by atoms with Crippen LogP contribution in [0.4, 0.5) is 13.2 Å². The molecule has 106 valence electrons. The highest BCUT2D eigenvalue weighted by molar-refractivity contribution is 5.38. The predicted octanol–water partition coefficient (Wildman–Crippen LogP) is 2.54. The second-order valence-corrected chi connectivity index (χ2v) is 5.35. The van der Waals surface area contributed by atoms with E-state index in [9.17, 15) is 13.2 Å². The number of halogens is 3. The van der Waals surface area contributed by atoms with Gasteiger partial charge in [0.25, 0.3) is 0 Å². The Kier molecular flexibility index (Phi) is 3.05. The van der Waals surface area contributed by atoms with Crippen molar-refractivity contribution in [1.29, 1.82) is 0 Å². The molecule has 1 saturated heterocycles. The van der Waals surface area contributed by atoms with Crippen LogP contribution in [0.15, 0.2) is 24.7 Å². The Morgan fingerprint density at radius 1 is 1.20 bits per heavy atom. The van der Waals surface area contributed by atoms with Crippen LogP contribution in [0.2, 0.25) is 0 Å². The molecule has 1 atom stereocenters. The maximum atomic E-state index is 13.9. The molecule has 0 saturated carbocycles. The summed E-state index contributed by atoms with van der Waals surface area (Å²) in [6.45, 7) is 3.64. The van der Waals surface area contributed by atoms with Gasteiger partial charge >= 0.3 is 0 Å². The minimum Gasteiger partial charge on any atom is -0.316 e. The van der Waals surface area contributed by atoms with Crippen LogP contribution >= 0.6 is 0 Å². The smallest absolute Gasteiger partial charge is 0.161 e. The van der Waals surface area contributed by atoms with E-state index in [4.69, 9.17) is 0 Å². The second-order valence-electron chi connectivity index (χ2n) is 5.35. The van der Waals surface area contributed by atoms with Crippen molar-refractivity contribution < 1.29 is 13.2 Å². The summed E-state index contributed by atoms with van der Waals surface area (Å²) in [6, 6.07) is 1.42. The quantitative estimate of drug-likeness (QED) is 0.857. The first-order chi connectivity index (χ1) is 9.51. The van der Waals surface area contributed by atoms with Crippen LogP contribution in [-0.2, 0) is 5.41 Å². The Hall–Kier alpha value is -1.82. The number of rotatable bonds is 2. The number of hydrogen-bond acceptors (Lipinski definition) is 2. The van der Waals surface area contributed by atoms with Gasteiger partial charge in [0.2, 0.25) is 0 Å². The van der Waals surface area contributed by atoms with E-state index in [0.29, 0.717) is 6.07 Å². The molecule has 20 heavy (non-hydrogen) atoms. The molecule has 1 unspecified atom stereocenters. The summed E-state index contributed by atoms with van der Waals surface area (Å²) < 4.78 is 41.8. The van der Waals surface area contributed by atoms with E-state index in [-0.39, 0.29) is 11.1 Å². The summed E-state index contributed by atoms with van der Waals surface area (Å²) in [6.07, 6.45) is 3.95. The zero-order valence-corrected chi connectivity index (χ0v) is 11.0. The SMILES string of the molecule is CC1(c2cncn2-c2cc(F)c(F)cc2F)CCNC1. The van der Waals surface area contributed by atoms with E-state index in [2.05, 4.69) is 10.3 Å². The highest BCUT2D eigenvalue weighted by Crippen LogP contribution is 2.32. The molecule has 6 heteroatoms. The van der Waals surface area contributed by atoms with Crippen molar-refractivity contribution in [1.82, 2.24) is 14.9 Å². The number of nitrogens with zero attached hydrogens (tertiary/aromatic N) is 2. The maximum absolute atomic E-state index is 13.9. The first-order valence-electron chi connectivity index (χ1n) is 6.40. The highest BCUT2D eigenvalue weighted by atomic mass is 19.2. The fourth-order valence-electron chi connectivity index (χ4n) is 2.67. The van der Waals surface area contributed by atoms with Crippen molar-refractivity contribution in [2.24, 2.45) is 0 Å². The van der Waals surface area contributed by atoms with Gasteiger partial charge in [-0.2, -0.15) is 0 Å². The van der Waals surface area contributed by atoms with Crippen LogP contribution < -0.4 is 5.32 Å². The molecule has 2 aromatic rings. The molecule has 1 aromatic heterocycles. The van der Waals surface area contributed by atoms with Gasteiger partial charge in [0.15, 0.2) is 11.6 Å². The van der Waals surface area contributed by atoms with E-state index >= 15 is 0 Å². The minimum atomic E-state index is -1.19. The zero-order valence-electron chi connectivity index (χ0n) is 11.0. The molecule has 0 amide bonds. The topological polar surface area (TPSA) is 29.9 Å². The van der Waals surface area contributed by atoms with Gasteiger partial charge in [0, 0.05) is 36.0 Å². The molecule has 3 rings (SSSR count). The van der Waals surface area contributed by atoms with E-state index in [1.54, 1.807) is 6.20 Å². The molecule has 1 N–H and O–H groups in total. The van der Waals surface area contributed by atoms with Crippen LogP contribution in [0.5, 0.6) is 0 Å². The third-order valence-electron chi connectivity index (χ3n) is 3.87. The minimum absolute atomic E-state index is 0.0236. The fraction of sp³-hybridized carbons (Fsp3) is 0.357. The van der Waals surface area contributed by atoms with E-state index < -0.39 is 17.5 Å². The third kappa shape index (κ3) is 2.00. The Bertz CT molecular complexity index is 645. The summed E-state index contributed by atoms with van der Waals surface area (Å²) in [7, 11) is 0. The Balaban J connectivity index is 2.13. The number of aromatic nitrogens is 2. The Morgan fingerprint density at radius 3 is 2.65 bits per heavy atom. The molecule has 0 spiro atoms. The molecule has 1 fully saturated rings. The Labute approximate surface area is 114 Å². The molecule has 2 heterocycles. The lowest BCUT2D eigenvalue weighted by molar-refractivity contribution is 0.481. The van der Waals surface area contributed by atoms with Crippen LogP contribution in [-0.4, -0.2) is 22.6 Å². The highest BCUT2D eigenvalue weighted by Gasteiger charge is 2.34. The van der Waals surface area contributed by atoms with Gasteiger partial charge in [-0.15, -0.1) is 0 Å². The summed E-state index contributed by atoms with van der Waals surface area (Å²) in [5.41, 5.74) is 0.560. The van der Waals surface area contributed by atoms with E-state index in [1.807, 2.05) is 6.92 Å². The zero-order chi connectivity index (χ0) is 14.3. The van der Waals surface area contributed by atoms with Crippen molar-refractivity contribution >= 4 is 0 Å². The normalized spacial score (nSPS) is 22.4. The summed E-state index contributed by atoms with van der Waals surface area (Å²) >= 11 is 0. The van der Waals surface area contributed by atoms with Crippen molar-refractivity contribution in [2.75, 3.05) is 13.1 Å². The lowest BCUT2D eigenvalue weighted by Crippen LogP contribution is -2.27. The molecular formula is C14H14F3N3. The van der Waals surface area contributed by atoms with Crippen molar-refractivity contribution in [2.45, 2.75) is 18.8 Å². The largest absolute Gasteiger partial charge is 0.316 e. The number of imidazole rings is 1. The van der Waals surface area contributed by atoms with E-state index in [1.165, 1.54) is 10.9 Å². The van der Waals surface area contributed by atoms with Gasteiger partial charge in [-0.05, 0) is 13.0 Å². The lowest BCUT2D eigenvalue weighted by atomic mass is 9.86. The Morgan fingerprint density at radius 2 is 1.95 bits per heavy atom. The lowest BCUT2D eigenvalue weighted by Gasteiger charge is -2.24. The summed E-state index contributed by atoms with van der Waals surface area (Å²) in [5, 5.41) is 3.25. The predicted molar refractivity (Wildman–Crippen MR) is 68.3 cm³/mol. The molecule has 1 aliphatic heterocycles. The van der Waals surface area contributed by atoms with Crippen LogP contribution in [0.1, 0.15) is 19.0 Å². The van der Waals surface area contributed by atoms with Gasteiger partial charge in [0.05, 0.1) is 12.0 Å². The van der Waals surface area contributed by atoms with Crippen LogP contribution in [0, 0.1) is 17.5 Å². The van der Waals surface area contributed by atoms with Gasteiger partial charge in [-0.1, -0.05) is 6.92 Å². The van der Waals surface area contributed by atoms with Crippen molar-refractivity contribution in [3.8, 4) is 5.69 Å². The summed E-state index contributed by atoms with van der Waals surface area (Å²) in [4.78, 5) is 4.03. The van der Waals surface area contributed by atoms with Gasteiger partial charge in [-0.3, -0.25) is 4.57 Å². The average molecular weight is 281 g/mol. The summed E-state index contributed by atoms with van der Waals surface area (Å²) in [5.74, 6) is -3.07. The molecule has 3 nitrogen and oxygen atoms in total.